The van der Waals surface area contributed by atoms with E-state index in [2.05, 4.69) is 20.6 Å². The molecule has 2 amide bonds. The lowest BCUT2D eigenvalue weighted by molar-refractivity contribution is 0.254. The Morgan fingerprint density at radius 3 is 2.39 bits per heavy atom. The average molecular weight is 458 g/mol. The summed E-state index contributed by atoms with van der Waals surface area (Å²) >= 11 is 6.18. The van der Waals surface area contributed by atoms with E-state index in [0.717, 1.165) is 0 Å². The molecule has 10 heteroatoms. The van der Waals surface area contributed by atoms with Gasteiger partial charge in [0.05, 0.1) is 15.6 Å². The second-order valence-electron chi connectivity index (χ2n) is 7.21. The number of urea groups is 1. The maximum absolute atomic E-state index is 13.4. The highest BCUT2D eigenvalue weighted by Crippen LogP contribution is 2.55. The zero-order valence-electron chi connectivity index (χ0n) is 16.6. The van der Waals surface area contributed by atoms with E-state index in [4.69, 9.17) is 17.3 Å². The Morgan fingerprint density at radius 2 is 1.77 bits per heavy atom. The highest BCUT2D eigenvalue weighted by molar-refractivity contribution is 7.92. The molecule has 4 N–H and O–H groups in total. The zero-order valence-corrected chi connectivity index (χ0v) is 18.2. The molecule has 1 aromatic heterocycles. The number of hydrogen-bond donors (Lipinski definition) is 3. The Bertz CT molecular complexity index is 1260. The maximum atomic E-state index is 13.4. The number of amides is 2. The molecule has 0 radical (unpaired) electrons. The molecule has 160 valence electrons. The van der Waals surface area contributed by atoms with Gasteiger partial charge in [-0.05, 0) is 49.2 Å². The molecule has 8 nitrogen and oxygen atoms in total. The second kappa shape index (κ2) is 7.82. The summed E-state index contributed by atoms with van der Waals surface area (Å²) in [5.41, 5.74) is 7.59. The predicted octanol–water partition coefficient (Wildman–Crippen LogP) is 3.59. The van der Waals surface area contributed by atoms with Crippen LogP contribution in [0.5, 0.6) is 0 Å². The molecular formula is C21H20ClN5O3S. The molecule has 0 bridgehead atoms. The summed E-state index contributed by atoms with van der Waals surface area (Å²) in [5.74, 6) is 0.482. The van der Waals surface area contributed by atoms with Gasteiger partial charge in [-0.1, -0.05) is 23.7 Å². The SMILES string of the molecule is CNC(=O)Nc1ccc(-c2nc(N)cc(C3(S(=O)(=O)c4ccccc4Cl)CC3)n2)cc1. The number of carbonyl (C=O) groups excluding carboxylic acids is 1. The largest absolute Gasteiger partial charge is 0.384 e. The van der Waals surface area contributed by atoms with Gasteiger partial charge in [-0.2, -0.15) is 0 Å². The van der Waals surface area contributed by atoms with Gasteiger partial charge >= 0.3 is 6.03 Å². The van der Waals surface area contributed by atoms with Crippen molar-refractivity contribution in [2.75, 3.05) is 18.1 Å². The van der Waals surface area contributed by atoms with E-state index in [0.29, 0.717) is 35.6 Å². The maximum Gasteiger partial charge on any atom is 0.318 e. The first-order chi connectivity index (χ1) is 14.8. The summed E-state index contributed by atoms with van der Waals surface area (Å²) in [6.45, 7) is 0. The number of hydrogen-bond acceptors (Lipinski definition) is 6. The van der Waals surface area contributed by atoms with E-state index < -0.39 is 14.6 Å². The van der Waals surface area contributed by atoms with Gasteiger partial charge in [0.2, 0.25) is 0 Å². The van der Waals surface area contributed by atoms with Gasteiger partial charge < -0.3 is 16.4 Å². The number of nitrogens with two attached hydrogens (primary N) is 1. The van der Waals surface area contributed by atoms with E-state index in [-0.39, 0.29) is 21.8 Å². The molecule has 3 aromatic rings. The minimum Gasteiger partial charge on any atom is -0.384 e. The first-order valence-electron chi connectivity index (χ1n) is 9.50. The summed E-state index contributed by atoms with van der Waals surface area (Å²) < 4.78 is 25.7. The van der Waals surface area contributed by atoms with Crippen LogP contribution in [0.25, 0.3) is 11.4 Å². The highest BCUT2D eigenvalue weighted by Gasteiger charge is 2.58. The fourth-order valence-electron chi connectivity index (χ4n) is 3.37. The van der Waals surface area contributed by atoms with Gasteiger partial charge in [-0.25, -0.2) is 23.2 Å². The number of rotatable bonds is 5. The number of anilines is 2. The summed E-state index contributed by atoms with van der Waals surface area (Å²) in [7, 11) is -2.26. The van der Waals surface area contributed by atoms with Crippen molar-refractivity contribution in [2.45, 2.75) is 22.5 Å². The Hall–Kier alpha value is -3.17. The van der Waals surface area contributed by atoms with Crippen molar-refractivity contribution in [1.29, 1.82) is 0 Å². The first-order valence-corrected chi connectivity index (χ1v) is 11.4. The van der Waals surface area contributed by atoms with Crippen LogP contribution in [0.1, 0.15) is 18.5 Å². The summed E-state index contributed by atoms with van der Waals surface area (Å²) in [5, 5.41) is 5.31. The topological polar surface area (TPSA) is 127 Å². The molecule has 1 aliphatic rings. The average Bonchev–Trinajstić information content (AvgIpc) is 3.57. The van der Waals surface area contributed by atoms with Gasteiger partial charge in [0.1, 0.15) is 10.6 Å². The number of aromatic nitrogens is 2. The molecule has 1 aliphatic carbocycles. The van der Waals surface area contributed by atoms with Crippen molar-refractivity contribution >= 4 is 39.0 Å². The van der Waals surface area contributed by atoms with Crippen LogP contribution in [0, 0.1) is 0 Å². The van der Waals surface area contributed by atoms with Crippen molar-refractivity contribution < 1.29 is 13.2 Å². The fraction of sp³-hybridized carbons (Fsp3) is 0.190. The summed E-state index contributed by atoms with van der Waals surface area (Å²) in [4.78, 5) is 20.4. The second-order valence-corrected chi connectivity index (χ2v) is 9.85. The predicted molar refractivity (Wildman–Crippen MR) is 120 cm³/mol. The van der Waals surface area contributed by atoms with Crippen LogP contribution in [-0.4, -0.2) is 31.5 Å². The number of sulfone groups is 1. The standard InChI is InChI=1S/C21H20ClN5O3S/c1-24-20(28)25-14-8-6-13(7-9-14)19-26-17(12-18(23)27-19)21(10-11-21)31(29,30)16-5-3-2-4-15(16)22/h2-9,12H,10-11H2,1H3,(H2,23,26,27)(H2,24,25,28). The number of benzene rings is 2. The van der Waals surface area contributed by atoms with Gasteiger partial charge in [0.15, 0.2) is 15.7 Å². The number of nitrogen functional groups attached to an aromatic ring is 1. The van der Waals surface area contributed by atoms with Crippen molar-refractivity contribution in [1.82, 2.24) is 15.3 Å². The lowest BCUT2D eigenvalue weighted by atomic mass is 10.1. The molecule has 1 saturated carbocycles. The third-order valence-electron chi connectivity index (χ3n) is 5.19. The smallest absolute Gasteiger partial charge is 0.318 e. The van der Waals surface area contributed by atoms with E-state index in [9.17, 15) is 13.2 Å². The quantitative estimate of drug-likeness (QED) is 0.537. The lowest BCUT2D eigenvalue weighted by Gasteiger charge is -2.18. The molecule has 4 rings (SSSR count). The molecule has 1 heterocycles. The Morgan fingerprint density at radius 1 is 1.10 bits per heavy atom. The van der Waals surface area contributed by atoms with E-state index in [1.54, 1.807) is 42.5 Å². The molecule has 0 aliphatic heterocycles. The third-order valence-corrected chi connectivity index (χ3v) is 8.21. The summed E-state index contributed by atoms with van der Waals surface area (Å²) in [6.07, 6.45) is 0.844. The fourth-order valence-corrected chi connectivity index (χ4v) is 5.84. The van der Waals surface area contributed by atoms with Crippen molar-refractivity contribution in [3.8, 4) is 11.4 Å². The van der Waals surface area contributed by atoms with Crippen LogP contribution in [0.3, 0.4) is 0 Å². The van der Waals surface area contributed by atoms with Crippen LogP contribution >= 0.6 is 11.6 Å². The highest BCUT2D eigenvalue weighted by atomic mass is 35.5. The molecule has 31 heavy (non-hydrogen) atoms. The number of nitrogens with zero attached hydrogens (tertiary/aromatic N) is 2. The van der Waals surface area contributed by atoms with Gasteiger partial charge in [0, 0.05) is 24.4 Å². The van der Waals surface area contributed by atoms with Crippen molar-refractivity contribution in [3.05, 3.63) is 65.3 Å². The molecule has 0 atom stereocenters. The van der Waals surface area contributed by atoms with E-state index in [1.165, 1.54) is 19.2 Å². The molecule has 0 saturated heterocycles. The van der Waals surface area contributed by atoms with Crippen LogP contribution in [0.2, 0.25) is 5.02 Å². The zero-order chi connectivity index (χ0) is 22.2. The molecule has 2 aromatic carbocycles. The Labute approximate surface area is 184 Å². The lowest BCUT2D eigenvalue weighted by Crippen LogP contribution is -2.24. The van der Waals surface area contributed by atoms with Crippen LogP contribution < -0.4 is 16.4 Å². The van der Waals surface area contributed by atoms with Crippen molar-refractivity contribution in [3.63, 3.8) is 0 Å². The molecule has 1 fully saturated rings. The Balaban J connectivity index is 1.72. The number of carbonyl (C=O) groups is 1. The normalized spacial score (nSPS) is 14.6. The number of halogens is 1. The van der Waals surface area contributed by atoms with Crippen LogP contribution in [-0.2, 0) is 14.6 Å². The van der Waals surface area contributed by atoms with Crippen molar-refractivity contribution in [2.24, 2.45) is 0 Å². The van der Waals surface area contributed by atoms with Crippen LogP contribution in [0.4, 0.5) is 16.3 Å². The van der Waals surface area contributed by atoms with E-state index in [1.807, 2.05) is 0 Å². The molecular weight excluding hydrogens is 438 g/mol. The Kier molecular flexibility index (Phi) is 5.32. The van der Waals surface area contributed by atoms with Crippen LogP contribution in [0.15, 0.2) is 59.5 Å². The minimum atomic E-state index is -3.78. The minimum absolute atomic E-state index is 0.0810. The monoisotopic (exact) mass is 457 g/mol. The third kappa shape index (κ3) is 3.82. The summed E-state index contributed by atoms with van der Waals surface area (Å²) in [6, 6.07) is 14.4. The first kappa shape index (κ1) is 21.1. The van der Waals surface area contributed by atoms with E-state index >= 15 is 0 Å². The molecule has 0 unspecified atom stereocenters. The van der Waals surface area contributed by atoms with Gasteiger partial charge in [0.25, 0.3) is 0 Å². The van der Waals surface area contributed by atoms with Gasteiger partial charge in [-0.15, -0.1) is 0 Å². The number of nitrogens with one attached hydrogen (secondary N) is 2. The van der Waals surface area contributed by atoms with Gasteiger partial charge in [-0.3, -0.25) is 0 Å². The molecule has 0 spiro atoms.